The van der Waals surface area contributed by atoms with Gasteiger partial charge in [0.2, 0.25) is 0 Å². The molecule has 0 aromatic carbocycles. The standard InChI is InChI=1S/C14H22N2O2/c1-11-10-15-8-5-12(11)16-9-7-14(2,3)6-4-13(17)18/h5,8,10H,4,6-7,9H2,1-3H3,(H,15,16)(H,17,18). The van der Waals surface area contributed by atoms with E-state index in [9.17, 15) is 4.79 Å². The second kappa shape index (κ2) is 6.38. The molecule has 4 heteroatoms. The zero-order chi connectivity index (χ0) is 13.6. The SMILES string of the molecule is Cc1cnccc1NCCC(C)(C)CCC(=O)O. The number of aryl methyl sites for hydroxylation is 1. The van der Waals surface area contributed by atoms with Crippen LogP contribution in [0.2, 0.25) is 0 Å². The number of anilines is 1. The van der Waals surface area contributed by atoms with Crippen LogP contribution in [0.25, 0.3) is 0 Å². The molecular weight excluding hydrogens is 228 g/mol. The van der Waals surface area contributed by atoms with E-state index in [1.807, 2.05) is 19.2 Å². The molecule has 100 valence electrons. The van der Waals surface area contributed by atoms with Crippen molar-refractivity contribution in [3.05, 3.63) is 24.0 Å². The van der Waals surface area contributed by atoms with Gasteiger partial charge in [0.15, 0.2) is 0 Å². The van der Waals surface area contributed by atoms with E-state index in [2.05, 4.69) is 24.1 Å². The lowest BCUT2D eigenvalue weighted by Gasteiger charge is -2.24. The summed E-state index contributed by atoms with van der Waals surface area (Å²) < 4.78 is 0. The zero-order valence-electron chi connectivity index (χ0n) is 11.4. The Bertz CT molecular complexity index is 403. The van der Waals surface area contributed by atoms with Gasteiger partial charge >= 0.3 is 5.97 Å². The van der Waals surface area contributed by atoms with Crippen LogP contribution in [0.1, 0.15) is 38.7 Å². The Morgan fingerprint density at radius 1 is 1.44 bits per heavy atom. The summed E-state index contributed by atoms with van der Waals surface area (Å²) in [6, 6.07) is 1.96. The van der Waals surface area contributed by atoms with Crippen molar-refractivity contribution in [1.29, 1.82) is 0 Å². The van der Waals surface area contributed by atoms with E-state index in [1.165, 1.54) is 0 Å². The van der Waals surface area contributed by atoms with Gasteiger partial charge in [0.05, 0.1) is 0 Å². The Balaban J connectivity index is 2.37. The normalized spacial score (nSPS) is 11.3. The molecule has 0 fully saturated rings. The Hall–Kier alpha value is -1.58. The molecule has 2 N–H and O–H groups in total. The number of nitrogens with one attached hydrogen (secondary N) is 1. The van der Waals surface area contributed by atoms with E-state index in [-0.39, 0.29) is 11.8 Å². The maximum absolute atomic E-state index is 10.6. The van der Waals surface area contributed by atoms with Gasteiger partial charge in [0.1, 0.15) is 0 Å². The molecule has 0 aliphatic carbocycles. The summed E-state index contributed by atoms with van der Waals surface area (Å²) in [5, 5.41) is 12.1. The Morgan fingerprint density at radius 3 is 2.78 bits per heavy atom. The predicted molar refractivity (Wildman–Crippen MR) is 72.7 cm³/mol. The second-order valence-electron chi connectivity index (χ2n) is 5.43. The molecule has 0 saturated carbocycles. The quantitative estimate of drug-likeness (QED) is 0.780. The molecule has 1 aromatic rings. The summed E-state index contributed by atoms with van der Waals surface area (Å²) >= 11 is 0. The minimum absolute atomic E-state index is 0.0479. The van der Waals surface area contributed by atoms with Crippen molar-refractivity contribution in [3.8, 4) is 0 Å². The van der Waals surface area contributed by atoms with E-state index in [0.29, 0.717) is 6.42 Å². The van der Waals surface area contributed by atoms with Crippen molar-refractivity contribution < 1.29 is 9.90 Å². The number of nitrogens with zero attached hydrogens (tertiary/aromatic N) is 1. The lowest BCUT2D eigenvalue weighted by Crippen LogP contribution is -2.18. The number of aliphatic carboxylic acids is 1. The minimum Gasteiger partial charge on any atom is -0.481 e. The van der Waals surface area contributed by atoms with Gasteiger partial charge in [-0.25, -0.2) is 0 Å². The molecule has 0 saturated heterocycles. The molecule has 4 nitrogen and oxygen atoms in total. The third-order valence-corrected chi connectivity index (χ3v) is 3.15. The second-order valence-corrected chi connectivity index (χ2v) is 5.43. The molecule has 0 unspecified atom stereocenters. The molecule has 1 rings (SSSR count). The first kappa shape index (κ1) is 14.5. The zero-order valence-corrected chi connectivity index (χ0v) is 11.4. The Labute approximate surface area is 108 Å². The highest BCUT2D eigenvalue weighted by molar-refractivity contribution is 5.66. The van der Waals surface area contributed by atoms with Gasteiger partial charge in [-0.3, -0.25) is 9.78 Å². The first-order valence-corrected chi connectivity index (χ1v) is 6.27. The van der Waals surface area contributed by atoms with Crippen molar-refractivity contribution in [2.24, 2.45) is 5.41 Å². The molecule has 1 aromatic heterocycles. The Morgan fingerprint density at radius 2 is 2.17 bits per heavy atom. The van der Waals surface area contributed by atoms with E-state index in [1.54, 1.807) is 6.20 Å². The lowest BCUT2D eigenvalue weighted by atomic mass is 9.84. The van der Waals surface area contributed by atoms with Crippen molar-refractivity contribution >= 4 is 11.7 Å². The van der Waals surface area contributed by atoms with Crippen LogP contribution in [0.4, 0.5) is 5.69 Å². The van der Waals surface area contributed by atoms with Gasteiger partial charge in [-0.2, -0.15) is 0 Å². The molecule has 0 amide bonds. The fraction of sp³-hybridized carbons (Fsp3) is 0.571. The summed E-state index contributed by atoms with van der Waals surface area (Å²) in [6.07, 6.45) is 5.49. The highest BCUT2D eigenvalue weighted by Crippen LogP contribution is 2.26. The predicted octanol–water partition coefficient (Wildman–Crippen LogP) is 3.08. The number of carboxylic acids is 1. The third kappa shape index (κ3) is 5.17. The highest BCUT2D eigenvalue weighted by Gasteiger charge is 2.18. The van der Waals surface area contributed by atoms with Crippen LogP contribution >= 0.6 is 0 Å². The first-order chi connectivity index (χ1) is 8.41. The topological polar surface area (TPSA) is 62.2 Å². The van der Waals surface area contributed by atoms with Gasteiger partial charge in [-0.05, 0) is 36.8 Å². The van der Waals surface area contributed by atoms with Gasteiger partial charge in [-0.15, -0.1) is 0 Å². The van der Waals surface area contributed by atoms with E-state index in [4.69, 9.17) is 5.11 Å². The van der Waals surface area contributed by atoms with Crippen molar-refractivity contribution in [2.45, 2.75) is 40.0 Å². The van der Waals surface area contributed by atoms with Crippen LogP contribution in [0, 0.1) is 12.3 Å². The fourth-order valence-electron chi connectivity index (χ4n) is 1.78. The number of hydrogen-bond acceptors (Lipinski definition) is 3. The average molecular weight is 250 g/mol. The van der Waals surface area contributed by atoms with E-state index >= 15 is 0 Å². The number of pyridine rings is 1. The minimum atomic E-state index is -0.721. The van der Waals surface area contributed by atoms with Crippen LogP contribution in [0.15, 0.2) is 18.5 Å². The number of carbonyl (C=O) groups is 1. The van der Waals surface area contributed by atoms with Gasteiger partial charge in [-0.1, -0.05) is 13.8 Å². The number of rotatable bonds is 7. The molecule has 0 aliphatic rings. The lowest BCUT2D eigenvalue weighted by molar-refractivity contribution is -0.137. The molecule has 1 heterocycles. The number of carboxylic acid groups (broad SMARTS) is 1. The smallest absolute Gasteiger partial charge is 0.303 e. The van der Waals surface area contributed by atoms with E-state index < -0.39 is 5.97 Å². The van der Waals surface area contributed by atoms with Crippen LogP contribution in [0.3, 0.4) is 0 Å². The monoisotopic (exact) mass is 250 g/mol. The third-order valence-electron chi connectivity index (χ3n) is 3.15. The molecule has 0 atom stereocenters. The summed E-state index contributed by atoms with van der Waals surface area (Å²) in [5.74, 6) is -0.721. The average Bonchev–Trinajstić information content (AvgIpc) is 2.29. The summed E-state index contributed by atoms with van der Waals surface area (Å²) in [7, 11) is 0. The molecular formula is C14H22N2O2. The summed E-state index contributed by atoms with van der Waals surface area (Å²) in [4.78, 5) is 14.6. The van der Waals surface area contributed by atoms with Crippen LogP contribution in [0.5, 0.6) is 0 Å². The highest BCUT2D eigenvalue weighted by atomic mass is 16.4. The van der Waals surface area contributed by atoms with E-state index in [0.717, 1.165) is 24.2 Å². The number of hydrogen-bond donors (Lipinski definition) is 2. The van der Waals surface area contributed by atoms with Crippen LogP contribution in [-0.2, 0) is 4.79 Å². The summed E-state index contributed by atoms with van der Waals surface area (Å²) in [6.45, 7) is 7.08. The fourth-order valence-corrected chi connectivity index (χ4v) is 1.78. The molecule has 0 aliphatic heterocycles. The number of aromatic nitrogens is 1. The van der Waals surface area contributed by atoms with Crippen molar-refractivity contribution in [1.82, 2.24) is 4.98 Å². The van der Waals surface area contributed by atoms with Gasteiger partial charge in [0.25, 0.3) is 0 Å². The van der Waals surface area contributed by atoms with Gasteiger partial charge < -0.3 is 10.4 Å². The Kier molecular flexibility index (Phi) is 5.13. The van der Waals surface area contributed by atoms with Gasteiger partial charge in [0, 0.05) is 31.0 Å². The summed E-state index contributed by atoms with van der Waals surface area (Å²) in [5.41, 5.74) is 2.27. The molecule has 18 heavy (non-hydrogen) atoms. The van der Waals surface area contributed by atoms with Crippen LogP contribution in [-0.4, -0.2) is 22.6 Å². The maximum atomic E-state index is 10.6. The largest absolute Gasteiger partial charge is 0.481 e. The van der Waals surface area contributed by atoms with Crippen molar-refractivity contribution in [2.75, 3.05) is 11.9 Å². The molecule has 0 radical (unpaired) electrons. The maximum Gasteiger partial charge on any atom is 0.303 e. The molecule has 0 spiro atoms. The first-order valence-electron chi connectivity index (χ1n) is 6.27. The van der Waals surface area contributed by atoms with Crippen LogP contribution < -0.4 is 5.32 Å². The van der Waals surface area contributed by atoms with Crippen molar-refractivity contribution in [3.63, 3.8) is 0 Å². The molecule has 0 bridgehead atoms.